The van der Waals surface area contributed by atoms with Gasteiger partial charge in [-0.15, -0.1) is 0 Å². The van der Waals surface area contributed by atoms with Crippen LogP contribution in [0.3, 0.4) is 0 Å². The van der Waals surface area contributed by atoms with Gasteiger partial charge in [-0.1, -0.05) is 82.1 Å². The van der Waals surface area contributed by atoms with E-state index in [-0.39, 0.29) is 0 Å². The molecule has 0 aliphatic rings. The first-order chi connectivity index (χ1) is 19.3. The van der Waals surface area contributed by atoms with Gasteiger partial charge in [0.1, 0.15) is 37.3 Å². The molecule has 0 spiro atoms. The number of hydrogen-bond donors (Lipinski definition) is 0. The molecule has 0 aliphatic heterocycles. The Balaban J connectivity index is 0.000000222. The van der Waals surface area contributed by atoms with Crippen molar-refractivity contribution in [2.75, 3.05) is 0 Å². The summed E-state index contributed by atoms with van der Waals surface area (Å²) in [6.07, 6.45) is 3.64. The Morgan fingerprint density at radius 2 is 1.20 bits per heavy atom. The van der Waals surface area contributed by atoms with Gasteiger partial charge in [-0.3, -0.25) is 9.59 Å². The summed E-state index contributed by atoms with van der Waals surface area (Å²) < 4.78 is 13.7. The summed E-state index contributed by atoms with van der Waals surface area (Å²) >= 11 is 6.84. The van der Waals surface area contributed by atoms with E-state index in [1.165, 1.54) is 11.1 Å². The average molecular weight is 666 g/mol. The molecule has 4 rings (SSSR count). The Bertz CT molecular complexity index is 1460. The molecule has 0 fully saturated rings. The summed E-state index contributed by atoms with van der Waals surface area (Å²) in [5, 5.41) is 0. The van der Waals surface area contributed by atoms with E-state index in [1.807, 2.05) is 50.2 Å². The number of carbonyl (C=O) groups excluding carboxylic acids is 2. The topological polar surface area (TPSA) is 52.6 Å². The molecule has 0 radical (unpaired) electrons. The van der Waals surface area contributed by atoms with E-state index in [9.17, 15) is 9.59 Å². The zero-order chi connectivity index (χ0) is 29.1. The lowest BCUT2D eigenvalue weighted by Gasteiger charge is -2.13. The molecule has 0 atom stereocenters. The van der Waals surface area contributed by atoms with E-state index in [4.69, 9.17) is 9.47 Å². The predicted molar refractivity (Wildman–Crippen MR) is 169 cm³/mol. The first-order valence-electron chi connectivity index (χ1n) is 13.2. The second kappa shape index (κ2) is 15.5. The fourth-order valence-electron chi connectivity index (χ4n) is 4.05. The molecular weight excluding hydrogens is 632 g/mol. The molecule has 0 N–H and O–H groups in total. The number of ether oxygens (including phenoxy) is 2. The Kier molecular flexibility index (Phi) is 12.2. The number of halogens is 2. The van der Waals surface area contributed by atoms with Gasteiger partial charge < -0.3 is 9.47 Å². The molecule has 0 aliphatic carbocycles. The minimum Gasteiger partial charge on any atom is -0.489 e. The third kappa shape index (κ3) is 8.90. The lowest BCUT2D eigenvalue weighted by molar-refractivity contribution is 0.111. The van der Waals surface area contributed by atoms with Crippen LogP contribution in [0.25, 0.3) is 0 Å². The van der Waals surface area contributed by atoms with Crippen LogP contribution in [0, 0.1) is 13.8 Å². The lowest BCUT2D eigenvalue weighted by atomic mass is 10.1. The monoisotopic (exact) mass is 664 g/mol. The van der Waals surface area contributed by atoms with Crippen molar-refractivity contribution in [2.45, 2.75) is 53.8 Å². The van der Waals surface area contributed by atoms with Crippen molar-refractivity contribution in [3.63, 3.8) is 0 Å². The van der Waals surface area contributed by atoms with Crippen molar-refractivity contribution in [3.8, 4) is 11.5 Å². The van der Waals surface area contributed by atoms with E-state index in [0.29, 0.717) is 24.3 Å². The number of aryl methyl sites for hydroxylation is 4. The van der Waals surface area contributed by atoms with Gasteiger partial charge in [-0.25, -0.2) is 0 Å². The van der Waals surface area contributed by atoms with Crippen LogP contribution in [-0.4, -0.2) is 12.6 Å². The van der Waals surface area contributed by atoms with Crippen molar-refractivity contribution >= 4 is 44.4 Å². The second-order valence-corrected chi connectivity index (χ2v) is 11.2. The first-order valence-corrected chi connectivity index (χ1v) is 14.8. The number of carbonyl (C=O) groups is 2. The van der Waals surface area contributed by atoms with Gasteiger partial charge >= 0.3 is 0 Å². The van der Waals surface area contributed by atoms with Crippen molar-refractivity contribution in [1.29, 1.82) is 0 Å². The number of benzene rings is 4. The standard InChI is InChI=1S/C18H19BrO2.C16H15BrO2/c1-3-13-5-6-14(4-2)18(9-13)21-12-16-10-17(19)8-7-15(16)11-20;1-11-3-4-12(2)16(7-11)19-10-14-8-15(17)6-5-13(14)9-18/h5-11H,3-4,12H2,1-2H3;3-9H,10H2,1-2H3. The highest BCUT2D eigenvalue weighted by Crippen LogP contribution is 2.25. The molecule has 0 amide bonds. The molecule has 0 saturated heterocycles. The Hall–Kier alpha value is -3.22. The van der Waals surface area contributed by atoms with Crippen LogP contribution in [0.2, 0.25) is 0 Å². The molecule has 0 unspecified atom stereocenters. The molecule has 0 aromatic heterocycles. The normalized spacial score (nSPS) is 10.3. The maximum absolute atomic E-state index is 11.1. The highest BCUT2D eigenvalue weighted by molar-refractivity contribution is 9.10. The van der Waals surface area contributed by atoms with Crippen molar-refractivity contribution in [2.24, 2.45) is 0 Å². The van der Waals surface area contributed by atoms with Crippen molar-refractivity contribution < 1.29 is 19.1 Å². The van der Waals surface area contributed by atoms with E-state index in [2.05, 4.69) is 70.0 Å². The molecule has 4 aromatic carbocycles. The van der Waals surface area contributed by atoms with Gasteiger partial charge in [0.2, 0.25) is 0 Å². The van der Waals surface area contributed by atoms with E-state index in [1.54, 1.807) is 12.1 Å². The van der Waals surface area contributed by atoms with Gasteiger partial charge in [0.05, 0.1) is 0 Å². The summed E-state index contributed by atoms with van der Waals surface area (Å²) in [5.74, 6) is 1.77. The summed E-state index contributed by atoms with van der Waals surface area (Å²) in [7, 11) is 0. The van der Waals surface area contributed by atoms with Crippen LogP contribution in [0.5, 0.6) is 11.5 Å². The largest absolute Gasteiger partial charge is 0.489 e. The molecule has 0 bridgehead atoms. The predicted octanol–water partition coefficient (Wildman–Crippen LogP) is 9.42. The van der Waals surface area contributed by atoms with Gasteiger partial charge in [-0.2, -0.15) is 0 Å². The van der Waals surface area contributed by atoms with Crippen molar-refractivity contribution in [3.05, 3.63) is 126 Å². The quantitative estimate of drug-likeness (QED) is 0.158. The van der Waals surface area contributed by atoms with E-state index in [0.717, 1.165) is 68.1 Å². The third-order valence-electron chi connectivity index (χ3n) is 6.49. The smallest absolute Gasteiger partial charge is 0.150 e. The maximum Gasteiger partial charge on any atom is 0.150 e. The molecule has 4 nitrogen and oxygen atoms in total. The first kappa shape index (κ1) is 31.3. The van der Waals surface area contributed by atoms with Crippen LogP contribution < -0.4 is 9.47 Å². The summed E-state index contributed by atoms with van der Waals surface area (Å²) in [4.78, 5) is 22.1. The van der Waals surface area contributed by atoms with Crippen LogP contribution in [0.15, 0.2) is 81.7 Å². The van der Waals surface area contributed by atoms with Gasteiger partial charge in [0, 0.05) is 31.2 Å². The highest BCUT2D eigenvalue weighted by atomic mass is 79.9. The second-order valence-electron chi connectivity index (χ2n) is 9.42. The molecule has 208 valence electrons. The van der Waals surface area contributed by atoms with Gasteiger partial charge in [0.15, 0.2) is 0 Å². The number of hydrogen-bond acceptors (Lipinski definition) is 4. The van der Waals surface area contributed by atoms with E-state index < -0.39 is 0 Å². The molecule has 4 aromatic rings. The lowest BCUT2D eigenvalue weighted by Crippen LogP contribution is -2.02. The highest BCUT2D eigenvalue weighted by Gasteiger charge is 2.08. The minimum atomic E-state index is 0.387. The fourth-order valence-corrected chi connectivity index (χ4v) is 4.86. The van der Waals surface area contributed by atoms with Crippen LogP contribution in [-0.2, 0) is 26.1 Å². The average Bonchev–Trinajstić information content (AvgIpc) is 2.96. The third-order valence-corrected chi connectivity index (χ3v) is 7.48. The number of rotatable bonds is 10. The summed E-state index contributed by atoms with van der Waals surface area (Å²) in [6.45, 7) is 9.07. The summed E-state index contributed by atoms with van der Waals surface area (Å²) in [5.41, 5.74) is 7.80. The molecular formula is C34H34Br2O4. The fraction of sp³-hybridized carbons (Fsp3) is 0.235. The SMILES string of the molecule is CCc1ccc(CC)c(OCc2cc(Br)ccc2C=O)c1.Cc1ccc(C)c(OCc2cc(Br)ccc2C=O)c1. The summed E-state index contributed by atoms with van der Waals surface area (Å²) in [6, 6.07) is 23.6. The van der Waals surface area contributed by atoms with E-state index >= 15 is 0 Å². The Morgan fingerprint density at radius 3 is 1.73 bits per heavy atom. The Morgan fingerprint density at radius 1 is 0.625 bits per heavy atom. The van der Waals surface area contributed by atoms with Crippen molar-refractivity contribution in [1.82, 2.24) is 0 Å². The molecule has 6 heteroatoms. The maximum atomic E-state index is 11.1. The minimum absolute atomic E-state index is 0.387. The molecule has 0 heterocycles. The Labute approximate surface area is 254 Å². The van der Waals surface area contributed by atoms with Gasteiger partial charge in [-0.05, 0) is 85.3 Å². The van der Waals surface area contributed by atoms with Crippen LogP contribution in [0.4, 0.5) is 0 Å². The molecule has 0 saturated carbocycles. The van der Waals surface area contributed by atoms with Crippen LogP contribution >= 0.6 is 31.9 Å². The molecule has 40 heavy (non-hydrogen) atoms. The van der Waals surface area contributed by atoms with Gasteiger partial charge in [0.25, 0.3) is 0 Å². The number of aldehydes is 2. The zero-order valence-corrected chi connectivity index (χ0v) is 26.5. The van der Waals surface area contributed by atoms with Crippen LogP contribution in [0.1, 0.15) is 67.9 Å². The zero-order valence-electron chi connectivity index (χ0n) is 23.3.